The van der Waals surface area contributed by atoms with E-state index in [2.05, 4.69) is 10.5 Å². The summed E-state index contributed by atoms with van der Waals surface area (Å²) in [6.07, 6.45) is 8.41. The van der Waals surface area contributed by atoms with Crippen molar-refractivity contribution in [2.45, 2.75) is 44.9 Å². The first-order chi connectivity index (χ1) is 11.1. The van der Waals surface area contributed by atoms with Gasteiger partial charge in [-0.1, -0.05) is 19.3 Å². The van der Waals surface area contributed by atoms with Gasteiger partial charge in [0.25, 0.3) is 11.6 Å². The Morgan fingerprint density at radius 2 is 1.83 bits per heavy atom. The highest BCUT2D eigenvalue weighted by molar-refractivity contribution is 5.95. The van der Waals surface area contributed by atoms with Crippen LogP contribution in [0.15, 0.2) is 29.4 Å². The molecule has 0 spiro atoms. The van der Waals surface area contributed by atoms with Crippen molar-refractivity contribution in [3.63, 3.8) is 0 Å². The van der Waals surface area contributed by atoms with Gasteiger partial charge in [-0.05, 0) is 49.7 Å². The van der Waals surface area contributed by atoms with Crippen molar-refractivity contribution in [3.05, 3.63) is 39.9 Å². The van der Waals surface area contributed by atoms with E-state index in [-0.39, 0.29) is 11.6 Å². The Balaban J connectivity index is 1.58. The smallest absolute Gasteiger partial charge is 0.267 e. The van der Waals surface area contributed by atoms with E-state index >= 15 is 0 Å². The number of non-ortho nitro benzene ring substituents is 1. The van der Waals surface area contributed by atoms with Gasteiger partial charge >= 0.3 is 0 Å². The predicted molar refractivity (Wildman–Crippen MR) is 87.3 cm³/mol. The third kappa shape index (κ3) is 3.75. The van der Waals surface area contributed by atoms with Crippen molar-refractivity contribution in [1.29, 1.82) is 0 Å². The molecule has 0 aromatic heterocycles. The number of hydrogen-bond acceptors (Lipinski definition) is 4. The molecule has 0 radical (unpaired) electrons. The van der Waals surface area contributed by atoms with E-state index < -0.39 is 4.92 Å². The maximum absolute atomic E-state index is 12.1. The van der Waals surface area contributed by atoms with Gasteiger partial charge < -0.3 is 0 Å². The predicted octanol–water partition coefficient (Wildman–Crippen LogP) is 3.67. The van der Waals surface area contributed by atoms with Crippen LogP contribution in [0.3, 0.4) is 0 Å². The fourth-order valence-corrected chi connectivity index (χ4v) is 3.72. The Bertz CT molecular complexity index is 624. The number of fused-ring (bicyclic) bond motifs is 1. The molecule has 0 bridgehead atoms. The SMILES string of the molecule is O=C(N/N=C1/CC[C@H]2CCCC[C@@H]2C1)c1ccc([N+](=O)[O-])cc1. The Hall–Kier alpha value is -2.24. The van der Waals surface area contributed by atoms with Gasteiger partial charge in [-0.25, -0.2) is 5.43 Å². The number of rotatable bonds is 3. The number of hydrogen-bond donors (Lipinski definition) is 1. The monoisotopic (exact) mass is 315 g/mol. The van der Waals surface area contributed by atoms with E-state index in [1.54, 1.807) is 0 Å². The molecule has 2 aliphatic carbocycles. The van der Waals surface area contributed by atoms with E-state index in [4.69, 9.17) is 0 Å². The number of hydrazone groups is 1. The minimum Gasteiger partial charge on any atom is -0.267 e. The standard InChI is InChI=1S/C17H21N3O3/c21-17(13-6-9-16(10-7-13)20(22)23)19-18-15-8-5-12-3-1-2-4-14(12)11-15/h6-7,9-10,12,14H,1-5,8,11H2,(H,19,21)/b18-15-/t12-,14-/m1/s1. The van der Waals surface area contributed by atoms with Crippen LogP contribution in [0.25, 0.3) is 0 Å². The fourth-order valence-electron chi connectivity index (χ4n) is 3.72. The molecule has 2 atom stereocenters. The number of carbonyl (C=O) groups excluding carboxylic acids is 1. The lowest BCUT2D eigenvalue weighted by Gasteiger charge is -2.35. The largest absolute Gasteiger partial charge is 0.271 e. The number of nitrogens with zero attached hydrogens (tertiary/aromatic N) is 2. The second-order valence-electron chi connectivity index (χ2n) is 6.47. The second kappa shape index (κ2) is 6.89. The number of nitro benzene ring substituents is 1. The highest BCUT2D eigenvalue weighted by Gasteiger charge is 2.30. The van der Waals surface area contributed by atoms with Gasteiger partial charge in [-0.3, -0.25) is 14.9 Å². The molecule has 2 fully saturated rings. The molecular weight excluding hydrogens is 294 g/mol. The van der Waals surface area contributed by atoms with Crippen LogP contribution in [0, 0.1) is 22.0 Å². The van der Waals surface area contributed by atoms with Gasteiger partial charge in [0.1, 0.15) is 0 Å². The van der Waals surface area contributed by atoms with Crippen molar-refractivity contribution in [1.82, 2.24) is 5.43 Å². The quantitative estimate of drug-likeness (QED) is 0.682. The zero-order valence-electron chi connectivity index (χ0n) is 13.0. The van der Waals surface area contributed by atoms with E-state index in [0.29, 0.717) is 5.56 Å². The lowest BCUT2D eigenvalue weighted by atomic mass is 9.70. The summed E-state index contributed by atoms with van der Waals surface area (Å²) in [7, 11) is 0. The number of nitrogens with one attached hydrogen (secondary N) is 1. The van der Waals surface area contributed by atoms with Crippen LogP contribution in [-0.4, -0.2) is 16.5 Å². The second-order valence-corrected chi connectivity index (χ2v) is 6.47. The lowest BCUT2D eigenvalue weighted by Crippen LogP contribution is -2.29. The van der Waals surface area contributed by atoms with Gasteiger partial charge in [-0.2, -0.15) is 5.10 Å². The normalized spacial score (nSPS) is 25.7. The summed E-state index contributed by atoms with van der Waals surface area (Å²) in [5.74, 6) is 1.25. The molecule has 0 heterocycles. The van der Waals surface area contributed by atoms with Crippen molar-refractivity contribution in [2.24, 2.45) is 16.9 Å². The Morgan fingerprint density at radius 1 is 1.13 bits per heavy atom. The molecule has 23 heavy (non-hydrogen) atoms. The van der Waals surface area contributed by atoms with Crippen molar-refractivity contribution < 1.29 is 9.72 Å². The summed E-state index contributed by atoms with van der Waals surface area (Å²) < 4.78 is 0. The molecule has 0 aliphatic heterocycles. The third-order valence-corrected chi connectivity index (χ3v) is 5.02. The lowest BCUT2D eigenvalue weighted by molar-refractivity contribution is -0.384. The molecule has 1 aromatic rings. The molecule has 1 amide bonds. The van der Waals surface area contributed by atoms with Gasteiger partial charge in [0.05, 0.1) is 4.92 Å². The molecule has 122 valence electrons. The average molecular weight is 315 g/mol. The summed E-state index contributed by atoms with van der Waals surface area (Å²) >= 11 is 0. The van der Waals surface area contributed by atoms with Crippen LogP contribution in [-0.2, 0) is 0 Å². The highest BCUT2D eigenvalue weighted by atomic mass is 16.6. The zero-order chi connectivity index (χ0) is 16.2. The first kappa shape index (κ1) is 15.6. The van der Waals surface area contributed by atoms with E-state index in [0.717, 1.165) is 30.4 Å². The van der Waals surface area contributed by atoms with Crippen molar-refractivity contribution in [3.8, 4) is 0 Å². The van der Waals surface area contributed by atoms with Crippen molar-refractivity contribution >= 4 is 17.3 Å². The Morgan fingerprint density at radius 3 is 2.52 bits per heavy atom. The molecule has 6 heteroatoms. The summed E-state index contributed by atoms with van der Waals surface area (Å²) in [5, 5.41) is 14.9. The molecule has 1 aromatic carbocycles. The highest BCUT2D eigenvalue weighted by Crippen LogP contribution is 2.39. The first-order valence-corrected chi connectivity index (χ1v) is 8.23. The maximum atomic E-state index is 12.1. The molecule has 0 saturated heterocycles. The minimum atomic E-state index is -0.482. The summed E-state index contributed by atoms with van der Waals surface area (Å²) in [5.41, 5.74) is 4.02. The molecule has 6 nitrogen and oxygen atoms in total. The molecular formula is C17H21N3O3. The molecule has 3 rings (SSSR count). The fraction of sp³-hybridized carbons (Fsp3) is 0.529. The molecule has 2 aliphatic rings. The summed E-state index contributed by atoms with van der Waals surface area (Å²) in [6, 6.07) is 5.56. The van der Waals surface area contributed by atoms with E-state index in [1.807, 2.05) is 0 Å². The van der Waals surface area contributed by atoms with E-state index in [1.165, 1.54) is 56.4 Å². The third-order valence-electron chi connectivity index (χ3n) is 5.02. The van der Waals surface area contributed by atoms with Crippen molar-refractivity contribution in [2.75, 3.05) is 0 Å². The van der Waals surface area contributed by atoms with Crippen LogP contribution in [0.1, 0.15) is 55.3 Å². The summed E-state index contributed by atoms with van der Waals surface area (Å²) in [6.45, 7) is 0. The molecule has 2 saturated carbocycles. The van der Waals surface area contributed by atoms with E-state index in [9.17, 15) is 14.9 Å². The number of carbonyl (C=O) groups is 1. The molecule has 0 unspecified atom stereocenters. The van der Waals surface area contributed by atoms with Gasteiger partial charge in [-0.15, -0.1) is 0 Å². The summed E-state index contributed by atoms with van der Waals surface area (Å²) in [4.78, 5) is 22.2. The van der Waals surface area contributed by atoms with Gasteiger partial charge in [0, 0.05) is 23.4 Å². The Labute approximate surface area is 135 Å². The number of amides is 1. The van der Waals surface area contributed by atoms with Crippen LogP contribution < -0.4 is 5.43 Å². The van der Waals surface area contributed by atoms with Gasteiger partial charge in [0.2, 0.25) is 0 Å². The minimum absolute atomic E-state index is 0.0246. The van der Waals surface area contributed by atoms with Crippen LogP contribution >= 0.6 is 0 Å². The number of benzene rings is 1. The average Bonchev–Trinajstić information content (AvgIpc) is 2.59. The van der Waals surface area contributed by atoms with Gasteiger partial charge in [0.15, 0.2) is 0 Å². The Kier molecular flexibility index (Phi) is 4.69. The van der Waals surface area contributed by atoms with Crippen LogP contribution in [0.5, 0.6) is 0 Å². The first-order valence-electron chi connectivity index (χ1n) is 8.23. The topological polar surface area (TPSA) is 84.6 Å². The van der Waals surface area contributed by atoms with Crippen LogP contribution in [0.2, 0.25) is 0 Å². The maximum Gasteiger partial charge on any atom is 0.271 e. The molecule has 1 N–H and O–H groups in total. The zero-order valence-corrected chi connectivity index (χ0v) is 13.0. The van der Waals surface area contributed by atoms with Crippen LogP contribution in [0.4, 0.5) is 5.69 Å². The number of nitro groups is 1.